The third-order valence-electron chi connectivity index (χ3n) is 3.26. The minimum atomic E-state index is -0.433. The molecule has 6 nitrogen and oxygen atoms in total. The zero-order chi connectivity index (χ0) is 16.0. The predicted molar refractivity (Wildman–Crippen MR) is 81.7 cm³/mol. The smallest absolute Gasteiger partial charge is 0.269 e. The molecule has 0 aliphatic rings. The van der Waals surface area contributed by atoms with Crippen LogP contribution in [-0.4, -0.2) is 27.8 Å². The maximum atomic E-state index is 12.2. The Hall–Kier alpha value is -1.95. The molecule has 1 atom stereocenters. The average Bonchev–Trinajstić information content (AvgIpc) is 2.42. The lowest BCUT2D eigenvalue weighted by Crippen LogP contribution is -2.37. The van der Waals surface area contributed by atoms with Crippen LogP contribution in [0.25, 0.3) is 0 Å². The molecule has 0 saturated carbocycles. The van der Waals surface area contributed by atoms with Crippen LogP contribution >= 0.6 is 0 Å². The van der Waals surface area contributed by atoms with Crippen LogP contribution in [0.2, 0.25) is 0 Å². The molecule has 1 unspecified atom stereocenters. The molecule has 1 aromatic carbocycles. The Balaban J connectivity index is 2.74. The van der Waals surface area contributed by atoms with Crippen LogP contribution in [0.5, 0.6) is 0 Å². The summed E-state index contributed by atoms with van der Waals surface area (Å²) in [6.45, 7) is 6.24. The number of carbonyl (C=O) groups is 1. The van der Waals surface area contributed by atoms with E-state index in [-0.39, 0.29) is 23.7 Å². The monoisotopic (exact) mass is 293 g/mol. The molecule has 0 heterocycles. The first kappa shape index (κ1) is 17.1. The molecule has 1 rings (SSSR count). The summed E-state index contributed by atoms with van der Waals surface area (Å²) in [7, 11) is 0. The predicted octanol–water partition coefficient (Wildman–Crippen LogP) is 2.46. The number of hydrogen-bond donors (Lipinski definition) is 1. The molecule has 21 heavy (non-hydrogen) atoms. The van der Waals surface area contributed by atoms with E-state index in [2.05, 4.69) is 0 Å². The van der Waals surface area contributed by atoms with E-state index in [1.165, 1.54) is 12.1 Å². The van der Waals surface area contributed by atoms with E-state index in [1.807, 2.05) is 20.8 Å². The number of non-ortho nitro benzene ring substituents is 1. The molecule has 6 heteroatoms. The Labute approximate surface area is 125 Å². The Bertz CT molecular complexity index is 483. The molecule has 0 aromatic heterocycles. The number of amides is 1. The van der Waals surface area contributed by atoms with E-state index in [0.29, 0.717) is 19.4 Å². The van der Waals surface area contributed by atoms with Crippen molar-refractivity contribution in [3.8, 4) is 0 Å². The van der Waals surface area contributed by atoms with Crippen molar-refractivity contribution in [2.24, 2.45) is 5.73 Å². The second-order valence-electron chi connectivity index (χ2n) is 5.55. The fraction of sp³-hybridized carbons (Fsp3) is 0.533. The lowest BCUT2D eigenvalue weighted by atomic mass is 10.1. The average molecular weight is 293 g/mol. The second kappa shape index (κ2) is 7.73. The van der Waals surface area contributed by atoms with Gasteiger partial charge in [0, 0.05) is 37.2 Å². The number of hydrogen-bond acceptors (Lipinski definition) is 4. The fourth-order valence-electron chi connectivity index (χ4n) is 1.97. The van der Waals surface area contributed by atoms with Crippen LogP contribution in [-0.2, 0) is 11.3 Å². The van der Waals surface area contributed by atoms with Crippen LogP contribution in [0.4, 0.5) is 5.69 Å². The van der Waals surface area contributed by atoms with Gasteiger partial charge in [-0.3, -0.25) is 14.9 Å². The summed E-state index contributed by atoms with van der Waals surface area (Å²) >= 11 is 0. The Morgan fingerprint density at radius 2 is 1.86 bits per heavy atom. The molecule has 0 spiro atoms. The van der Waals surface area contributed by atoms with Gasteiger partial charge in [0.1, 0.15) is 0 Å². The van der Waals surface area contributed by atoms with Crippen molar-refractivity contribution in [1.29, 1.82) is 0 Å². The molecule has 2 N–H and O–H groups in total. The number of benzene rings is 1. The van der Waals surface area contributed by atoms with Crippen molar-refractivity contribution >= 4 is 11.6 Å². The number of carbonyl (C=O) groups excluding carboxylic acids is 1. The summed E-state index contributed by atoms with van der Waals surface area (Å²) in [4.78, 5) is 24.2. The van der Waals surface area contributed by atoms with E-state index in [4.69, 9.17) is 5.73 Å². The first-order valence-corrected chi connectivity index (χ1v) is 7.09. The SMILES string of the molecule is CC(N)CCC(=O)N(Cc1ccc([N+](=O)[O-])cc1)C(C)C. The molecule has 1 aromatic rings. The number of rotatable bonds is 7. The van der Waals surface area contributed by atoms with E-state index >= 15 is 0 Å². The molecule has 0 aliphatic heterocycles. The Morgan fingerprint density at radius 1 is 1.29 bits per heavy atom. The summed E-state index contributed by atoms with van der Waals surface area (Å²) in [5, 5.41) is 10.6. The minimum Gasteiger partial charge on any atom is -0.336 e. The normalized spacial score (nSPS) is 12.2. The molecule has 0 radical (unpaired) electrons. The van der Waals surface area contributed by atoms with Crippen molar-refractivity contribution in [1.82, 2.24) is 4.90 Å². The van der Waals surface area contributed by atoms with Crippen molar-refractivity contribution in [3.63, 3.8) is 0 Å². The summed E-state index contributed by atoms with van der Waals surface area (Å²) in [6.07, 6.45) is 1.07. The third kappa shape index (κ3) is 5.51. The lowest BCUT2D eigenvalue weighted by Gasteiger charge is -2.27. The van der Waals surface area contributed by atoms with E-state index < -0.39 is 4.92 Å². The van der Waals surface area contributed by atoms with Gasteiger partial charge in [-0.05, 0) is 32.8 Å². The number of nitrogens with two attached hydrogens (primary N) is 1. The minimum absolute atomic E-state index is 0.00216. The molecular weight excluding hydrogens is 270 g/mol. The van der Waals surface area contributed by atoms with Gasteiger partial charge >= 0.3 is 0 Å². The summed E-state index contributed by atoms with van der Waals surface area (Å²) in [5.41, 5.74) is 6.61. The van der Waals surface area contributed by atoms with Gasteiger partial charge in [-0.15, -0.1) is 0 Å². The zero-order valence-corrected chi connectivity index (χ0v) is 12.8. The highest BCUT2D eigenvalue weighted by Crippen LogP contribution is 2.15. The number of nitro benzene ring substituents is 1. The third-order valence-corrected chi connectivity index (χ3v) is 3.26. The molecule has 1 amide bonds. The Kier molecular flexibility index (Phi) is 6.30. The topological polar surface area (TPSA) is 89.5 Å². The summed E-state index contributed by atoms with van der Waals surface area (Å²) in [5.74, 6) is 0.0562. The summed E-state index contributed by atoms with van der Waals surface area (Å²) < 4.78 is 0. The van der Waals surface area contributed by atoms with Gasteiger partial charge < -0.3 is 10.6 Å². The molecule has 0 aliphatic carbocycles. The highest BCUT2D eigenvalue weighted by atomic mass is 16.6. The molecule has 116 valence electrons. The fourth-order valence-corrected chi connectivity index (χ4v) is 1.97. The number of nitro groups is 1. The first-order valence-electron chi connectivity index (χ1n) is 7.09. The van der Waals surface area contributed by atoms with Gasteiger partial charge in [-0.2, -0.15) is 0 Å². The standard InChI is InChI=1S/C15H23N3O3/c1-11(2)17(15(19)9-4-12(3)16)10-13-5-7-14(8-6-13)18(20)21/h5-8,11-12H,4,9-10,16H2,1-3H3. The van der Waals surface area contributed by atoms with Crippen molar-refractivity contribution < 1.29 is 9.72 Å². The molecule has 0 fully saturated rings. The van der Waals surface area contributed by atoms with Gasteiger partial charge in [0.15, 0.2) is 0 Å². The largest absolute Gasteiger partial charge is 0.336 e. The van der Waals surface area contributed by atoms with Gasteiger partial charge in [0.05, 0.1) is 4.92 Å². The van der Waals surface area contributed by atoms with Gasteiger partial charge in [-0.1, -0.05) is 12.1 Å². The van der Waals surface area contributed by atoms with E-state index in [0.717, 1.165) is 5.56 Å². The molecular formula is C15H23N3O3. The lowest BCUT2D eigenvalue weighted by molar-refractivity contribution is -0.384. The molecule has 0 bridgehead atoms. The van der Waals surface area contributed by atoms with Gasteiger partial charge in [-0.25, -0.2) is 0 Å². The number of nitrogens with zero attached hydrogens (tertiary/aromatic N) is 2. The second-order valence-corrected chi connectivity index (χ2v) is 5.55. The van der Waals surface area contributed by atoms with Gasteiger partial charge in [0.25, 0.3) is 5.69 Å². The van der Waals surface area contributed by atoms with Crippen molar-refractivity contribution in [3.05, 3.63) is 39.9 Å². The highest BCUT2D eigenvalue weighted by molar-refractivity contribution is 5.76. The highest BCUT2D eigenvalue weighted by Gasteiger charge is 2.18. The van der Waals surface area contributed by atoms with E-state index in [9.17, 15) is 14.9 Å². The molecule has 0 saturated heterocycles. The van der Waals surface area contributed by atoms with Crippen LogP contribution in [0.15, 0.2) is 24.3 Å². The maximum absolute atomic E-state index is 12.2. The van der Waals surface area contributed by atoms with Crippen molar-refractivity contribution in [2.45, 2.75) is 52.2 Å². The van der Waals surface area contributed by atoms with Crippen LogP contribution < -0.4 is 5.73 Å². The van der Waals surface area contributed by atoms with Gasteiger partial charge in [0.2, 0.25) is 5.91 Å². The Morgan fingerprint density at radius 3 is 2.29 bits per heavy atom. The summed E-state index contributed by atoms with van der Waals surface area (Å²) in [6, 6.07) is 6.36. The quantitative estimate of drug-likeness (QED) is 0.617. The van der Waals surface area contributed by atoms with Crippen LogP contribution in [0, 0.1) is 10.1 Å². The van der Waals surface area contributed by atoms with Crippen LogP contribution in [0.1, 0.15) is 39.2 Å². The van der Waals surface area contributed by atoms with E-state index in [1.54, 1.807) is 17.0 Å². The first-order chi connectivity index (χ1) is 9.81. The maximum Gasteiger partial charge on any atom is 0.269 e. The zero-order valence-electron chi connectivity index (χ0n) is 12.8. The van der Waals surface area contributed by atoms with Crippen LogP contribution in [0.3, 0.4) is 0 Å². The van der Waals surface area contributed by atoms with Crippen molar-refractivity contribution in [2.75, 3.05) is 0 Å².